The number of aliphatic imine (C=N–C) groups is 2. The number of allylic oxidation sites excluding steroid dienone is 3. The SMILES string of the molecule is COC(=O)C1=CC=C2N=CN=C2C1. The number of nitrogens with zero attached hydrogens (tertiary/aromatic N) is 2. The lowest BCUT2D eigenvalue weighted by molar-refractivity contribution is -0.136. The lowest BCUT2D eigenvalue weighted by Gasteiger charge is -2.09. The van der Waals surface area contributed by atoms with Crippen LogP contribution in [0.15, 0.2) is 33.4 Å². The number of rotatable bonds is 1. The second-order valence-electron chi connectivity index (χ2n) is 2.73. The largest absolute Gasteiger partial charge is 0.466 e. The highest BCUT2D eigenvalue weighted by Crippen LogP contribution is 2.20. The van der Waals surface area contributed by atoms with E-state index in [1.54, 1.807) is 12.2 Å². The minimum Gasteiger partial charge on any atom is -0.466 e. The van der Waals surface area contributed by atoms with E-state index in [9.17, 15) is 4.79 Å². The van der Waals surface area contributed by atoms with E-state index in [4.69, 9.17) is 0 Å². The van der Waals surface area contributed by atoms with Crippen LogP contribution in [0.3, 0.4) is 0 Å². The molecular weight excluding hydrogens is 168 g/mol. The van der Waals surface area contributed by atoms with Crippen molar-refractivity contribution in [2.45, 2.75) is 6.42 Å². The van der Waals surface area contributed by atoms with Crippen molar-refractivity contribution in [1.82, 2.24) is 0 Å². The first-order chi connectivity index (χ1) is 6.31. The van der Waals surface area contributed by atoms with Gasteiger partial charge in [0.2, 0.25) is 0 Å². The molecule has 1 aliphatic heterocycles. The molecule has 0 aromatic carbocycles. The zero-order chi connectivity index (χ0) is 9.26. The highest BCUT2D eigenvalue weighted by Gasteiger charge is 2.20. The highest BCUT2D eigenvalue weighted by molar-refractivity contribution is 6.13. The Hall–Kier alpha value is -1.71. The Morgan fingerprint density at radius 3 is 3.15 bits per heavy atom. The maximum Gasteiger partial charge on any atom is 0.334 e. The minimum atomic E-state index is -0.301. The van der Waals surface area contributed by atoms with Crippen LogP contribution in [0.1, 0.15) is 6.42 Å². The van der Waals surface area contributed by atoms with E-state index in [0.717, 1.165) is 11.4 Å². The predicted molar refractivity (Wildman–Crippen MR) is 48.7 cm³/mol. The molecule has 0 N–H and O–H groups in total. The summed E-state index contributed by atoms with van der Waals surface area (Å²) in [6.07, 6.45) is 5.51. The van der Waals surface area contributed by atoms with Crippen LogP contribution < -0.4 is 0 Å². The normalized spacial score (nSPS) is 18.7. The maximum absolute atomic E-state index is 11.1. The third-order valence-electron chi connectivity index (χ3n) is 1.95. The molecule has 0 saturated carbocycles. The van der Waals surface area contributed by atoms with Crippen LogP contribution in [0.4, 0.5) is 0 Å². The quantitative estimate of drug-likeness (QED) is 0.556. The Morgan fingerprint density at radius 1 is 1.54 bits per heavy atom. The van der Waals surface area contributed by atoms with E-state index in [2.05, 4.69) is 14.7 Å². The van der Waals surface area contributed by atoms with Gasteiger partial charge in [-0.3, -0.25) is 0 Å². The third-order valence-corrected chi connectivity index (χ3v) is 1.95. The van der Waals surface area contributed by atoms with E-state index in [0.29, 0.717) is 12.0 Å². The molecular formula is C9H8N2O2. The van der Waals surface area contributed by atoms with Crippen molar-refractivity contribution in [2.75, 3.05) is 7.11 Å². The van der Waals surface area contributed by atoms with Crippen LogP contribution in [0.25, 0.3) is 0 Å². The number of esters is 1. The number of ether oxygens (including phenoxy) is 1. The van der Waals surface area contributed by atoms with Gasteiger partial charge in [-0.2, -0.15) is 0 Å². The lowest BCUT2D eigenvalue weighted by Crippen LogP contribution is -2.12. The first kappa shape index (κ1) is 7.91. The van der Waals surface area contributed by atoms with Gasteiger partial charge in [-0.25, -0.2) is 14.8 Å². The molecule has 1 aliphatic carbocycles. The van der Waals surface area contributed by atoms with Gasteiger partial charge < -0.3 is 4.74 Å². The van der Waals surface area contributed by atoms with E-state index < -0.39 is 0 Å². The summed E-state index contributed by atoms with van der Waals surface area (Å²) >= 11 is 0. The van der Waals surface area contributed by atoms with Crippen LogP contribution in [-0.2, 0) is 9.53 Å². The van der Waals surface area contributed by atoms with E-state index in [1.165, 1.54) is 13.4 Å². The molecule has 0 radical (unpaired) electrons. The Kier molecular flexibility index (Phi) is 1.81. The molecule has 4 heteroatoms. The molecule has 0 spiro atoms. The van der Waals surface area contributed by atoms with Crippen LogP contribution in [0.5, 0.6) is 0 Å². The van der Waals surface area contributed by atoms with Crippen molar-refractivity contribution >= 4 is 18.0 Å². The number of carbonyl (C=O) groups is 1. The number of hydrogen-bond donors (Lipinski definition) is 0. The monoisotopic (exact) mass is 176 g/mol. The Labute approximate surface area is 75.3 Å². The molecule has 4 nitrogen and oxygen atoms in total. The van der Waals surface area contributed by atoms with Crippen molar-refractivity contribution in [2.24, 2.45) is 9.98 Å². The van der Waals surface area contributed by atoms with Gasteiger partial charge in [0.1, 0.15) is 6.34 Å². The van der Waals surface area contributed by atoms with Gasteiger partial charge in [0.15, 0.2) is 0 Å². The molecule has 0 aromatic rings. The van der Waals surface area contributed by atoms with E-state index >= 15 is 0 Å². The fourth-order valence-electron chi connectivity index (χ4n) is 1.27. The van der Waals surface area contributed by atoms with Crippen LogP contribution in [0.2, 0.25) is 0 Å². The van der Waals surface area contributed by atoms with Crippen molar-refractivity contribution < 1.29 is 9.53 Å². The Bertz CT molecular complexity index is 375. The zero-order valence-corrected chi connectivity index (χ0v) is 7.15. The number of carbonyl (C=O) groups excluding carboxylic acids is 1. The molecule has 0 atom stereocenters. The Balaban J connectivity index is 2.25. The van der Waals surface area contributed by atoms with Gasteiger partial charge >= 0.3 is 5.97 Å². The summed E-state index contributed by atoms with van der Waals surface area (Å²) in [5.41, 5.74) is 2.30. The third kappa shape index (κ3) is 1.30. The van der Waals surface area contributed by atoms with Gasteiger partial charge in [0.25, 0.3) is 0 Å². The molecule has 66 valence electrons. The Morgan fingerprint density at radius 2 is 2.38 bits per heavy atom. The summed E-state index contributed by atoms with van der Waals surface area (Å²) in [7, 11) is 1.37. The topological polar surface area (TPSA) is 51.0 Å². The standard InChI is InChI=1S/C9H8N2O2/c1-13-9(12)6-2-3-7-8(4-6)11-5-10-7/h2-3,5H,4H2,1H3. The van der Waals surface area contributed by atoms with E-state index in [-0.39, 0.29) is 5.97 Å². The van der Waals surface area contributed by atoms with Crippen molar-refractivity contribution in [3.8, 4) is 0 Å². The van der Waals surface area contributed by atoms with Gasteiger partial charge in [0, 0.05) is 12.0 Å². The molecule has 0 fully saturated rings. The van der Waals surface area contributed by atoms with Crippen LogP contribution >= 0.6 is 0 Å². The summed E-state index contributed by atoms with van der Waals surface area (Å²) in [6, 6.07) is 0. The molecule has 0 saturated heterocycles. The fourth-order valence-corrected chi connectivity index (χ4v) is 1.27. The zero-order valence-electron chi connectivity index (χ0n) is 7.15. The number of hydrogen-bond acceptors (Lipinski definition) is 4. The van der Waals surface area contributed by atoms with Crippen LogP contribution in [-0.4, -0.2) is 25.1 Å². The molecule has 13 heavy (non-hydrogen) atoms. The second kappa shape index (κ2) is 2.97. The average Bonchev–Trinajstić information content (AvgIpc) is 2.63. The first-order valence-corrected chi connectivity index (χ1v) is 3.90. The molecule has 0 unspecified atom stereocenters. The molecule has 2 rings (SSSR count). The highest BCUT2D eigenvalue weighted by atomic mass is 16.5. The minimum absolute atomic E-state index is 0.301. The van der Waals surface area contributed by atoms with Gasteiger partial charge in [-0.05, 0) is 12.2 Å². The summed E-state index contributed by atoms with van der Waals surface area (Å²) < 4.78 is 4.61. The van der Waals surface area contributed by atoms with Crippen molar-refractivity contribution in [1.29, 1.82) is 0 Å². The second-order valence-corrected chi connectivity index (χ2v) is 2.73. The molecule has 1 heterocycles. The fraction of sp³-hybridized carbons (Fsp3) is 0.222. The smallest absolute Gasteiger partial charge is 0.334 e. The summed E-state index contributed by atoms with van der Waals surface area (Å²) in [6.45, 7) is 0. The molecule has 0 aromatic heterocycles. The molecule has 2 aliphatic rings. The van der Waals surface area contributed by atoms with E-state index in [1.807, 2.05) is 0 Å². The van der Waals surface area contributed by atoms with Crippen molar-refractivity contribution in [3.63, 3.8) is 0 Å². The summed E-state index contributed by atoms with van der Waals surface area (Å²) in [4.78, 5) is 19.2. The maximum atomic E-state index is 11.1. The summed E-state index contributed by atoms with van der Waals surface area (Å²) in [5, 5.41) is 0. The van der Waals surface area contributed by atoms with Gasteiger partial charge in [-0.15, -0.1) is 0 Å². The average molecular weight is 176 g/mol. The number of methoxy groups -OCH3 is 1. The predicted octanol–water partition coefficient (Wildman–Crippen LogP) is 0.856. The van der Waals surface area contributed by atoms with Crippen LogP contribution in [0, 0.1) is 0 Å². The first-order valence-electron chi connectivity index (χ1n) is 3.90. The van der Waals surface area contributed by atoms with Crippen molar-refractivity contribution in [3.05, 3.63) is 23.4 Å². The lowest BCUT2D eigenvalue weighted by atomic mass is 10.0. The van der Waals surface area contributed by atoms with Gasteiger partial charge in [-0.1, -0.05) is 0 Å². The number of fused-ring (bicyclic) bond motifs is 1. The summed E-state index contributed by atoms with van der Waals surface area (Å²) in [5.74, 6) is -0.301. The van der Waals surface area contributed by atoms with Gasteiger partial charge in [0.05, 0.1) is 18.5 Å². The molecule has 0 bridgehead atoms. The molecule has 0 amide bonds.